The second-order valence-corrected chi connectivity index (χ2v) is 4.21. The molecule has 0 aliphatic rings. The normalized spacial score (nSPS) is 10.9. The Morgan fingerprint density at radius 2 is 1.74 bits per heavy atom. The zero-order valence-electron chi connectivity index (χ0n) is 12.0. The number of nitrogens with zero attached hydrogens (tertiary/aromatic N) is 3. The smallest absolute Gasteiger partial charge is 0.332 e. The SMILES string of the molecule is C=C/C=C/c1c(N(CC)CC)n(C)c(=O)n(C)c1=O. The Bertz CT molecular complexity index is 604. The van der Waals surface area contributed by atoms with Crippen LogP contribution in [0.1, 0.15) is 19.4 Å². The van der Waals surface area contributed by atoms with Gasteiger partial charge in [-0.3, -0.25) is 13.9 Å². The van der Waals surface area contributed by atoms with E-state index >= 15 is 0 Å². The van der Waals surface area contributed by atoms with Gasteiger partial charge < -0.3 is 4.90 Å². The predicted octanol–water partition coefficient (Wildman–Crippen LogP) is 1.13. The second-order valence-electron chi connectivity index (χ2n) is 4.21. The van der Waals surface area contributed by atoms with E-state index in [1.54, 1.807) is 25.3 Å². The predicted molar refractivity (Wildman–Crippen MR) is 79.7 cm³/mol. The minimum absolute atomic E-state index is 0.289. The third-order valence-electron chi connectivity index (χ3n) is 3.13. The standard InChI is InChI=1S/C14H21N3O2/c1-6-9-10-11-12(17(7-2)8-3)15(4)14(19)16(5)13(11)18/h6,9-10H,1,7-8H2,2-5H3/b10-9+. The van der Waals surface area contributed by atoms with Crippen LogP contribution in [0.4, 0.5) is 5.82 Å². The Kier molecular flexibility index (Phi) is 4.92. The monoisotopic (exact) mass is 263 g/mol. The summed E-state index contributed by atoms with van der Waals surface area (Å²) in [5.74, 6) is 0.649. The highest BCUT2D eigenvalue weighted by Gasteiger charge is 2.17. The van der Waals surface area contributed by atoms with Crippen molar-refractivity contribution in [2.75, 3.05) is 18.0 Å². The van der Waals surface area contributed by atoms with Gasteiger partial charge in [-0.25, -0.2) is 4.79 Å². The van der Waals surface area contributed by atoms with Crippen LogP contribution in [0.2, 0.25) is 0 Å². The van der Waals surface area contributed by atoms with Crippen molar-refractivity contribution in [1.82, 2.24) is 9.13 Å². The van der Waals surface area contributed by atoms with Gasteiger partial charge in [0.2, 0.25) is 0 Å². The van der Waals surface area contributed by atoms with Crippen LogP contribution in [0.3, 0.4) is 0 Å². The van der Waals surface area contributed by atoms with Gasteiger partial charge in [0.05, 0.1) is 5.56 Å². The van der Waals surface area contributed by atoms with E-state index in [-0.39, 0.29) is 11.2 Å². The molecule has 19 heavy (non-hydrogen) atoms. The van der Waals surface area contributed by atoms with Crippen LogP contribution >= 0.6 is 0 Å². The first-order valence-corrected chi connectivity index (χ1v) is 6.33. The summed E-state index contributed by atoms with van der Waals surface area (Å²) in [6.45, 7) is 9.05. The van der Waals surface area contributed by atoms with Gasteiger partial charge in [-0.05, 0) is 19.9 Å². The Morgan fingerprint density at radius 1 is 1.16 bits per heavy atom. The van der Waals surface area contributed by atoms with Crippen molar-refractivity contribution in [3.63, 3.8) is 0 Å². The van der Waals surface area contributed by atoms with E-state index < -0.39 is 0 Å². The van der Waals surface area contributed by atoms with Crippen molar-refractivity contribution in [1.29, 1.82) is 0 Å². The second kappa shape index (κ2) is 6.22. The molecule has 1 aromatic rings. The summed E-state index contributed by atoms with van der Waals surface area (Å²) in [5, 5.41) is 0. The average molecular weight is 263 g/mol. The van der Waals surface area contributed by atoms with E-state index in [9.17, 15) is 9.59 Å². The molecule has 0 aliphatic carbocycles. The van der Waals surface area contributed by atoms with Crippen molar-refractivity contribution in [2.24, 2.45) is 14.1 Å². The summed E-state index contributed by atoms with van der Waals surface area (Å²) in [4.78, 5) is 26.3. The lowest BCUT2D eigenvalue weighted by atomic mass is 10.2. The highest BCUT2D eigenvalue weighted by molar-refractivity contribution is 5.64. The maximum atomic E-state index is 12.2. The summed E-state index contributed by atoms with van der Waals surface area (Å²) in [6, 6.07) is 0. The molecule has 0 spiro atoms. The van der Waals surface area contributed by atoms with Crippen LogP contribution < -0.4 is 16.1 Å². The first-order chi connectivity index (χ1) is 8.99. The van der Waals surface area contributed by atoms with Crippen molar-refractivity contribution >= 4 is 11.9 Å². The summed E-state index contributed by atoms with van der Waals surface area (Å²) in [7, 11) is 3.17. The zero-order chi connectivity index (χ0) is 14.6. The van der Waals surface area contributed by atoms with Gasteiger partial charge >= 0.3 is 5.69 Å². The van der Waals surface area contributed by atoms with Gasteiger partial charge in [0.15, 0.2) is 0 Å². The molecule has 1 rings (SSSR count). The molecule has 0 radical (unpaired) electrons. The molecular formula is C14H21N3O2. The molecule has 0 fully saturated rings. The number of hydrogen-bond acceptors (Lipinski definition) is 3. The summed E-state index contributed by atoms with van der Waals surface area (Å²) >= 11 is 0. The quantitative estimate of drug-likeness (QED) is 0.748. The molecule has 104 valence electrons. The number of aromatic nitrogens is 2. The van der Waals surface area contributed by atoms with Gasteiger partial charge in [-0.2, -0.15) is 0 Å². The maximum Gasteiger partial charge on any atom is 0.332 e. The van der Waals surface area contributed by atoms with Crippen LogP contribution in [-0.4, -0.2) is 22.2 Å². The molecule has 0 atom stereocenters. The zero-order valence-corrected chi connectivity index (χ0v) is 12.0. The van der Waals surface area contributed by atoms with E-state index in [1.165, 1.54) is 11.6 Å². The van der Waals surface area contributed by atoms with Gasteiger partial charge in [-0.1, -0.05) is 18.7 Å². The summed E-state index contributed by atoms with van der Waals surface area (Å²) in [6.07, 6.45) is 5.01. The van der Waals surface area contributed by atoms with Crippen molar-refractivity contribution in [3.05, 3.63) is 45.1 Å². The fourth-order valence-electron chi connectivity index (χ4n) is 2.08. The fourth-order valence-corrected chi connectivity index (χ4v) is 2.08. The van der Waals surface area contributed by atoms with Crippen LogP contribution in [0, 0.1) is 0 Å². The largest absolute Gasteiger partial charge is 0.358 e. The molecule has 5 nitrogen and oxygen atoms in total. The molecule has 0 amide bonds. The molecule has 0 aliphatic heterocycles. The number of allylic oxidation sites excluding steroid dienone is 2. The first-order valence-electron chi connectivity index (χ1n) is 6.33. The molecule has 1 heterocycles. The lowest BCUT2D eigenvalue weighted by molar-refractivity contribution is 0.662. The van der Waals surface area contributed by atoms with E-state index in [4.69, 9.17) is 0 Å². The van der Waals surface area contributed by atoms with E-state index in [0.29, 0.717) is 11.4 Å². The Morgan fingerprint density at radius 3 is 2.21 bits per heavy atom. The third kappa shape index (κ3) is 2.70. The average Bonchev–Trinajstić information content (AvgIpc) is 2.42. The number of rotatable bonds is 5. The third-order valence-corrected chi connectivity index (χ3v) is 3.13. The van der Waals surface area contributed by atoms with Crippen molar-refractivity contribution in [3.8, 4) is 0 Å². The topological polar surface area (TPSA) is 47.2 Å². The molecular weight excluding hydrogens is 242 g/mol. The minimum atomic E-state index is -0.317. The first kappa shape index (κ1) is 15.0. The molecule has 0 saturated heterocycles. The summed E-state index contributed by atoms with van der Waals surface area (Å²) < 4.78 is 2.63. The lowest BCUT2D eigenvalue weighted by Gasteiger charge is -2.25. The highest BCUT2D eigenvalue weighted by Crippen LogP contribution is 2.16. The number of hydrogen-bond donors (Lipinski definition) is 0. The molecule has 0 saturated carbocycles. The van der Waals surface area contributed by atoms with Gasteiger partial charge in [0, 0.05) is 27.2 Å². The fraction of sp³-hybridized carbons (Fsp3) is 0.429. The molecule has 0 unspecified atom stereocenters. The Balaban J connectivity index is 3.76. The molecule has 0 N–H and O–H groups in total. The highest BCUT2D eigenvalue weighted by atomic mass is 16.2. The lowest BCUT2D eigenvalue weighted by Crippen LogP contribution is -2.42. The molecule has 0 aromatic carbocycles. The maximum absolute atomic E-state index is 12.2. The van der Waals surface area contributed by atoms with Crippen LogP contribution in [0.25, 0.3) is 6.08 Å². The van der Waals surface area contributed by atoms with Gasteiger partial charge in [0.1, 0.15) is 5.82 Å². The molecule has 5 heteroatoms. The van der Waals surface area contributed by atoms with Crippen LogP contribution in [-0.2, 0) is 14.1 Å². The van der Waals surface area contributed by atoms with E-state index in [0.717, 1.165) is 17.7 Å². The van der Waals surface area contributed by atoms with Crippen molar-refractivity contribution in [2.45, 2.75) is 13.8 Å². The minimum Gasteiger partial charge on any atom is -0.358 e. The molecule has 1 aromatic heterocycles. The Labute approximate surface area is 113 Å². The Hall–Kier alpha value is -2.04. The van der Waals surface area contributed by atoms with Gasteiger partial charge in [0.25, 0.3) is 5.56 Å². The van der Waals surface area contributed by atoms with Crippen LogP contribution in [0.5, 0.6) is 0 Å². The van der Waals surface area contributed by atoms with Gasteiger partial charge in [-0.15, -0.1) is 0 Å². The van der Waals surface area contributed by atoms with Crippen molar-refractivity contribution < 1.29 is 0 Å². The van der Waals surface area contributed by atoms with E-state index in [1.807, 2.05) is 18.7 Å². The number of anilines is 1. The van der Waals surface area contributed by atoms with E-state index in [2.05, 4.69) is 6.58 Å². The molecule has 0 bridgehead atoms. The van der Waals surface area contributed by atoms with Crippen LogP contribution in [0.15, 0.2) is 28.3 Å². The summed E-state index contributed by atoms with van der Waals surface area (Å²) in [5.41, 5.74) is -0.0982.